The van der Waals surface area contributed by atoms with Crippen LogP contribution in [0.25, 0.3) is 10.9 Å². The third-order valence-corrected chi connectivity index (χ3v) is 7.37. The molecule has 0 unspecified atom stereocenters. The zero-order chi connectivity index (χ0) is 20.4. The van der Waals surface area contributed by atoms with Crippen LogP contribution in [0.4, 0.5) is 0 Å². The first kappa shape index (κ1) is 20.0. The molecule has 29 heavy (non-hydrogen) atoms. The Labute approximate surface area is 175 Å². The minimum atomic E-state index is -3.40. The zero-order valence-electron chi connectivity index (χ0n) is 15.8. The zero-order valence-corrected chi connectivity index (χ0v) is 17.4. The predicted molar refractivity (Wildman–Crippen MR) is 114 cm³/mol. The molecule has 0 bridgehead atoms. The van der Waals surface area contributed by atoms with Crippen molar-refractivity contribution in [2.24, 2.45) is 0 Å². The first-order chi connectivity index (χ1) is 13.9. The molecule has 5 nitrogen and oxygen atoms in total. The second-order valence-electron chi connectivity index (χ2n) is 7.22. The molecule has 3 aromatic rings. The van der Waals surface area contributed by atoms with Crippen LogP contribution in [-0.4, -0.2) is 36.6 Å². The van der Waals surface area contributed by atoms with Gasteiger partial charge >= 0.3 is 0 Å². The Kier molecular flexibility index (Phi) is 5.67. The quantitative estimate of drug-likeness (QED) is 0.428. The molecule has 1 aliphatic rings. The Bertz CT molecular complexity index is 1150. The van der Waals surface area contributed by atoms with Crippen LogP contribution in [0.1, 0.15) is 35.2 Å². The summed E-state index contributed by atoms with van der Waals surface area (Å²) in [6.07, 6.45) is 2.74. The number of rotatable bonds is 6. The van der Waals surface area contributed by atoms with Gasteiger partial charge in [-0.2, -0.15) is 4.31 Å². The van der Waals surface area contributed by atoms with Gasteiger partial charge in [-0.1, -0.05) is 23.7 Å². The number of nitrogens with zero attached hydrogens (tertiary/aromatic N) is 2. The maximum Gasteiger partial charge on any atom is 0.243 e. The van der Waals surface area contributed by atoms with Crippen LogP contribution in [0, 0.1) is 0 Å². The minimum Gasteiger partial charge on any atom is -0.294 e. The van der Waals surface area contributed by atoms with Gasteiger partial charge in [0, 0.05) is 30.5 Å². The van der Waals surface area contributed by atoms with Crippen molar-refractivity contribution in [1.29, 1.82) is 0 Å². The summed E-state index contributed by atoms with van der Waals surface area (Å²) in [7, 11) is -3.40. The smallest absolute Gasteiger partial charge is 0.243 e. The van der Waals surface area contributed by atoms with Gasteiger partial charge in [0.1, 0.15) is 5.15 Å². The molecular formula is C22H21ClN2O3S. The van der Waals surface area contributed by atoms with E-state index in [0.717, 1.165) is 29.3 Å². The number of ketones is 1. The molecule has 1 aromatic heterocycles. The van der Waals surface area contributed by atoms with E-state index in [4.69, 9.17) is 11.6 Å². The number of benzene rings is 2. The molecule has 1 fully saturated rings. The minimum absolute atomic E-state index is 0.0376. The number of halogens is 1. The third kappa shape index (κ3) is 4.34. The van der Waals surface area contributed by atoms with E-state index in [1.807, 2.05) is 12.1 Å². The Morgan fingerprint density at radius 1 is 1.00 bits per heavy atom. The van der Waals surface area contributed by atoms with Crippen LogP contribution >= 0.6 is 11.6 Å². The molecule has 2 heterocycles. The number of sulfonamides is 1. The highest BCUT2D eigenvalue weighted by atomic mass is 35.5. The van der Waals surface area contributed by atoms with Crippen LogP contribution in [0.5, 0.6) is 0 Å². The van der Waals surface area contributed by atoms with Crippen LogP contribution in [0.3, 0.4) is 0 Å². The molecule has 7 heteroatoms. The lowest BCUT2D eigenvalue weighted by molar-refractivity contribution is 0.0983. The first-order valence-corrected chi connectivity index (χ1v) is 11.4. The normalized spacial score (nSPS) is 15.1. The number of carbonyl (C=O) groups excluding carboxylic acids is 1. The molecule has 0 atom stereocenters. The van der Waals surface area contributed by atoms with Gasteiger partial charge in [-0.05, 0) is 67.3 Å². The Hall–Kier alpha value is -2.28. The van der Waals surface area contributed by atoms with E-state index in [9.17, 15) is 13.2 Å². The van der Waals surface area contributed by atoms with Gasteiger partial charge in [0.05, 0.1) is 10.4 Å². The van der Waals surface area contributed by atoms with E-state index >= 15 is 0 Å². The molecule has 1 aliphatic heterocycles. The number of pyridine rings is 1. The molecule has 4 rings (SSSR count). The van der Waals surface area contributed by atoms with Crippen molar-refractivity contribution in [3.63, 3.8) is 0 Å². The molecule has 150 valence electrons. The SMILES string of the molecule is O=C(CCc1ccc(S(=O)(=O)N2CCCC2)cc1)c1ccc2nc(Cl)ccc2c1. The first-order valence-electron chi connectivity index (χ1n) is 9.62. The lowest BCUT2D eigenvalue weighted by Gasteiger charge is -2.15. The predicted octanol–water partition coefficient (Wildman–Crippen LogP) is 4.49. The van der Waals surface area contributed by atoms with Gasteiger partial charge in [0.25, 0.3) is 0 Å². The fourth-order valence-electron chi connectivity index (χ4n) is 3.58. The van der Waals surface area contributed by atoms with E-state index in [-0.39, 0.29) is 5.78 Å². The van der Waals surface area contributed by atoms with E-state index in [2.05, 4.69) is 4.98 Å². The van der Waals surface area contributed by atoms with Gasteiger partial charge in [-0.25, -0.2) is 13.4 Å². The highest BCUT2D eigenvalue weighted by Crippen LogP contribution is 2.22. The van der Waals surface area contributed by atoms with Crippen molar-refractivity contribution >= 4 is 38.3 Å². The highest BCUT2D eigenvalue weighted by Gasteiger charge is 2.26. The molecule has 0 aliphatic carbocycles. The van der Waals surface area contributed by atoms with Crippen LogP contribution in [-0.2, 0) is 16.4 Å². The summed E-state index contributed by atoms with van der Waals surface area (Å²) in [6.45, 7) is 1.18. The lowest BCUT2D eigenvalue weighted by Crippen LogP contribution is -2.27. The Morgan fingerprint density at radius 3 is 2.45 bits per heavy atom. The summed E-state index contributed by atoms with van der Waals surface area (Å²) < 4.78 is 26.7. The van der Waals surface area contributed by atoms with E-state index in [1.54, 1.807) is 42.5 Å². The maximum absolute atomic E-state index is 12.6. The summed E-state index contributed by atoms with van der Waals surface area (Å²) in [5.41, 5.74) is 2.33. The second kappa shape index (κ2) is 8.22. The molecule has 2 aromatic carbocycles. The molecule has 0 spiro atoms. The average Bonchev–Trinajstić information content (AvgIpc) is 3.28. The summed E-state index contributed by atoms with van der Waals surface area (Å²) >= 11 is 5.90. The van der Waals surface area contributed by atoms with Crippen LogP contribution in [0.2, 0.25) is 5.15 Å². The maximum atomic E-state index is 12.6. The number of aryl methyl sites for hydroxylation is 1. The lowest BCUT2D eigenvalue weighted by atomic mass is 10.0. The topological polar surface area (TPSA) is 67.3 Å². The largest absolute Gasteiger partial charge is 0.294 e. The monoisotopic (exact) mass is 428 g/mol. The number of aromatic nitrogens is 1. The molecule has 0 radical (unpaired) electrons. The summed E-state index contributed by atoms with van der Waals surface area (Å²) in [5, 5.41) is 1.29. The Morgan fingerprint density at radius 2 is 1.72 bits per heavy atom. The van der Waals surface area contributed by atoms with E-state index in [0.29, 0.717) is 41.5 Å². The van der Waals surface area contributed by atoms with E-state index < -0.39 is 10.0 Å². The van der Waals surface area contributed by atoms with Gasteiger partial charge < -0.3 is 0 Å². The van der Waals surface area contributed by atoms with Crippen molar-refractivity contribution in [1.82, 2.24) is 9.29 Å². The molecule has 1 saturated heterocycles. The summed E-state index contributed by atoms with van der Waals surface area (Å²) in [6, 6.07) is 15.8. The fraction of sp³-hybridized carbons (Fsp3) is 0.273. The Balaban J connectivity index is 1.42. The van der Waals surface area contributed by atoms with Gasteiger partial charge in [0.2, 0.25) is 10.0 Å². The summed E-state index contributed by atoms with van der Waals surface area (Å²) in [5.74, 6) is 0.0376. The molecule has 0 saturated carbocycles. The van der Waals surface area contributed by atoms with Crippen molar-refractivity contribution in [3.05, 3.63) is 70.9 Å². The van der Waals surface area contributed by atoms with Gasteiger partial charge in [-0.15, -0.1) is 0 Å². The summed E-state index contributed by atoms with van der Waals surface area (Å²) in [4.78, 5) is 17.1. The highest BCUT2D eigenvalue weighted by molar-refractivity contribution is 7.89. The number of carbonyl (C=O) groups is 1. The molecule has 0 amide bonds. The number of Topliss-reactive ketones (excluding diaryl/α,β-unsaturated/α-hetero) is 1. The van der Waals surface area contributed by atoms with Gasteiger partial charge in [-0.3, -0.25) is 4.79 Å². The fourth-order valence-corrected chi connectivity index (χ4v) is 5.25. The van der Waals surface area contributed by atoms with Crippen molar-refractivity contribution in [3.8, 4) is 0 Å². The van der Waals surface area contributed by atoms with Gasteiger partial charge in [0.15, 0.2) is 5.78 Å². The van der Waals surface area contributed by atoms with Crippen molar-refractivity contribution in [2.75, 3.05) is 13.1 Å². The second-order valence-corrected chi connectivity index (χ2v) is 9.54. The van der Waals surface area contributed by atoms with Crippen molar-refractivity contribution < 1.29 is 13.2 Å². The molecular weight excluding hydrogens is 408 g/mol. The number of fused-ring (bicyclic) bond motifs is 1. The van der Waals surface area contributed by atoms with E-state index in [1.165, 1.54) is 4.31 Å². The number of hydrogen-bond acceptors (Lipinski definition) is 4. The average molecular weight is 429 g/mol. The molecule has 0 N–H and O–H groups in total. The third-order valence-electron chi connectivity index (χ3n) is 5.24. The standard InChI is InChI=1S/C22H21ClN2O3S/c23-22-12-7-17-15-18(6-10-20(17)24-22)21(26)11-5-16-3-8-19(9-4-16)29(27,28)25-13-1-2-14-25/h3-4,6-10,12,15H,1-2,5,11,13-14H2. The van der Waals surface area contributed by atoms with Crippen molar-refractivity contribution in [2.45, 2.75) is 30.6 Å². The number of hydrogen-bond donors (Lipinski definition) is 0. The van der Waals surface area contributed by atoms with Crippen LogP contribution < -0.4 is 0 Å². The van der Waals surface area contributed by atoms with Crippen LogP contribution in [0.15, 0.2) is 59.5 Å².